The maximum absolute atomic E-state index is 13.7. The van der Waals surface area contributed by atoms with Crippen LogP contribution in [0.15, 0.2) is 18.2 Å². The number of hydrogen-bond acceptors (Lipinski definition) is 3. The topological polar surface area (TPSA) is 44.4 Å². The number of likely N-dealkylation sites (tertiary alicyclic amines) is 1. The van der Waals surface area contributed by atoms with Crippen LogP contribution in [0, 0.1) is 11.6 Å². The molecule has 1 aromatic carbocycles. The number of nitrogens with zero attached hydrogens (tertiary/aromatic N) is 1. The van der Waals surface area contributed by atoms with Crippen molar-refractivity contribution in [2.24, 2.45) is 0 Å². The van der Waals surface area contributed by atoms with Crippen molar-refractivity contribution in [1.29, 1.82) is 0 Å². The third-order valence-electron chi connectivity index (χ3n) is 3.65. The van der Waals surface area contributed by atoms with Crippen LogP contribution in [0.3, 0.4) is 0 Å². The van der Waals surface area contributed by atoms with E-state index in [0.717, 1.165) is 19.4 Å². The van der Waals surface area contributed by atoms with Gasteiger partial charge in [0.2, 0.25) is 5.91 Å². The summed E-state index contributed by atoms with van der Waals surface area (Å²) in [5.74, 6) is -1.09. The second kappa shape index (κ2) is 9.02. The number of amides is 1. The largest absolute Gasteiger partial charge is 0.351 e. The molecular formula is C15H22ClF2N3O. The summed E-state index contributed by atoms with van der Waals surface area (Å²) in [5, 5.41) is 5.73. The standard InChI is InChI=1S/C15H21F2N3O.ClH/c1-18-8-15(21)19-11-4-3-7-20(9-11)10-12-13(16)5-2-6-14(12)17;/h2,5-6,11,18H,3-4,7-10H2,1H3,(H,19,21);1H. The molecule has 1 aliphatic rings. The summed E-state index contributed by atoms with van der Waals surface area (Å²) in [6.45, 7) is 1.91. The van der Waals surface area contributed by atoms with Gasteiger partial charge in [0.25, 0.3) is 0 Å². The maximum Gasteiger partial charge on any atom is 0.234 e. The van der Waals surface area contributed by atoms with Crippen molar-refractivity contribution in [3.05, 3.63) is 35.4 Å². The monoisotopic (exact) mass is 333 g/mol. The smallest absolute Gasteiger partial charge is 0.234 e. The quantitative estimate of drug-likeness (QED) is 0.862. The Labute approximate surface area is 135 Å². The predicted molar refractivity (Wildman–Crippen MR) is 84.0 cm³/mol. The molecule has 22 heavy (non-hydrogen) atoms. The molecule has 124 valence electrons. The minimum Gasteiger partial charge on any atom is -0.351 e. The van der Waals surface area contributed by atoms with Gasteiger partial charge in [-0.2, -0.15) is 0 Å². The lowest BCUT2D eigenvalue weighted by atomic mass is 10.0. The number of carbonyl (C=O) groups is 1. The highest BCUT2D eigenvalue weighted by Gasteiger charge is 2.22. The van der Waals surface area contributed by atoms with Gasteiger partial charge in [-0.1, -0.05) is 6.07 Å². The van der Waals surface area contributed by atoms with Crippen molar-refractivity contribution in [1.82, 2.24) is 15.5 Å². The van der Waals surface area contributed by atoms with Gasteiger partial charge in [0.15, 0.2) is 0 Å². The van der Waals surface area contributed by atoms with Crippen molar-refractivity contribution in [3.63, 3.8) is 0 Å². The molecule has 1 fully saturated rings. The first-order valence-electron chi connectivity index (χ1n) is 7.19. The second-order valence-corrected chi connectivity index (χ2v) is 5.37. The highest BCUT2D eigenvalue weighted by atomic mass is 35.5. The molecular weight excluding hydrogens is 312 g/mol. The Balaban J connectivity index is 0.00000242. The van der Waals surface area contributed by atoms with Crippen LogP contribution in [0.5, 0.6) is 0 Å². The fourth-order valence-electron chi connectivity index (χ4n) is 2.66. The third-order valence-corrected chi connectivity index (χ3v) is 3.65. The normalized spacial score (nSPS) is 18.6. The van der Waals surface area contributed by atoms with E-state index in [9.17, 15) is 13.6 Å². The van der Waals surface area contributed by atoms with Crippen molar-refractivity contribution >= 4 is 18.3 Å². The van der Waals surface area contributed by atoms with Crippen molar-refractivity contribution in [2.45, 2.75) is 25.4 Å². The second-order valence-electron chi connectivity index (χ2n) is 5.37. The van der Waals surface area contributed by atoms with E-state index in [-0.39, 0.29) is 43.0 Å². The van der Waals surface area contributed by atoms with Crippen LogP contribution < -0.4 is 10.6 Å². The number of hydrogen-bond donors (Lipinski definition) is 2. The molecule has 1 amide bonds. The number of piperidine rings is 1. The van der Waals surface area contributed by atoms with Crippen molar-refractivity contribution < 1.29 is 13.6 Å². The zero-order valence-electron chi connectivity index (χ0n) is 12.6. The summed E-state index contributed by atoms with van der Waals surface area (Å²) in [6, 6.07) is 3.95. The van der Waals surface area contributed by atoms with Crippen LogP contribution in [0.1, 0.15) is 18.4 Å². The van der Waals surface area contributed by atoms with Gasteiger partial charge in [-0.3, -0.25) is 9.69 Å². The summed E-state index contributed by atoms with van der Waals surface area (Å²) in [5.41, 5.74) is 0.0969. The molecule has 0 bridgehead atoms. The van der Waals surface area contributed by atoms with Crippen LogP contribution in [-0.2, 0) is 11.3 Å². The molecule has 1 atom stereocenters. The van der Waals surface area contributed by atoms with Gasteiger partial charge in [-0.05, 0) is 38.6 Å². The van der Waals surface area contributed by atoms with E-state index in [2.05, 4.69) is 10.6 Å². The van der Waals surface area contributed by atoms with Gasteiger partial charge in [0.1, 0.15) is 11.6 Å². The molecule has 0 radical (unpaired) electrons. The van der Waals surface area contributed by atoms with Crippen LogP contribution in [0.4, 0.5) is 8.78 Å². The Bertz CT molecular complexity index is 481. The molecule has 2 rings (SSSR count). The summed E-state index contributed by atoms with van der Waals surface area (Å²) in [7, 11) is 1.72. The number of halogens is 3. The third kappa shape index (κ3) is 5.19. The van der Waals surface area contributed by atoms with Gasteiger partial charge >= 0.3 is 0 Å². The number of carbonyl (C=O) groups excluding carboxylic acids is 1. The molecule has 1 heterocycles. The molecule has 1 unspecified atom stereocenters. The summed E-state index contributed by atoms with van der Waals surface area (Å²) >= 11 is 0. The first-order valence-corrected chi connectivity index (χ1v) is 7.19. The number of likely N-dealkylation sites (N-methyl/N-ethyl adjacent to an activating group) is 1. The fourth-order valence-corrected chi connectivity index (χ4v) is 2.66. The summed E-state index contributed by atoms with van der Waals surface area (Å²) in [6.07, 6.45) is 1.80. The molecule has 0 aliphatic carbocycles. The van der Waals surface area contributed by atoms with Gasteiger partial charge in [0.05, 0.1) is 6.54 Å². The van der Waals surface area contributed by atoms with E-state index in [1.54, 1.807) is 7.05 Å². The molecule has 0 saturated carbocycles. The average Bonchev–Trinajstić information content (AvgIpc) is 2.44. The lowest BCUT2D eigenvalue weighted by Crippen LogP contribution is -2.49. The Kier molecular flexibility index (Phi) is 7.72. The lowest BCUT2D eigenvalue weighted by molar-refractivity contribution is -0.121. The zero-order chi connectivity index (χ0) is 15.2. The van der Waals surface area contributed by atoms with E-state index in [0.29, 0.717) is 6.54 Å². The molecule has 1 aliphatic heterocycles. The van der Waals surface area contributed by atoms with Gasteiger partial charge < -0.3 is 10.6 Å². The highest BCUT2D eigenvalue weighted by molar-refractivity contribution is 5.85. The Morgan fingerprint density at radius 2 is 2.05 bits per heavy atom. The van der Waals surface area contributed by atoms with Crippen LogP contribution in [0.25, 0.3) is 0 Å². The molecule has 0 aromatic heterocycles. The van der Waals surface area contributed by atoms with Crippen LogP contribution in [0.2, 0.25) is 0 Å². The van der Waals surface area contributed by atoms with Crippen LogP contribution in [-0.4, -0.2) is 43.5 Å². The highest BCUT2D eigenvalue weighted by Crippen LogP contribution is 2.18. The van der Waals surface area contributed by atoms with Crippen molar-refractivity contribution in [3.8, 4) is 0 Å². The zero-order valence-corrected chi connectivity index (χ0v) is 13.4. The predicted octanol–water partition coefficient (Wildman–Crippen LogP) is 1.69. The number of benzene rings is 1. The minimum atomic E-state index is -0.517. The molecule has 1 saturated heterocycles. The minimum absolute atomic E-state index is 0. The molecule has 2 N–H and O–H groups in total. The number of rotatable bonds is 5. The first kappa shape index (κ1) is 18.8. The van der Waals surface area contributed by atoms with Gasteiger partial charge in [-0.25, -0.2) is 8.78 Å². The SMILES string of the molecule is CNCC(=O)NC1CCCN(Cc2c(F)cccc2F)C1.Cl. The van der Waals surface area contributed by atoms with E-state index in [4.69, 9.17) is 0 Å². The van der Waals surface area contributed by atoms with E-state index in [1.165, 1.54) is 18.2 Å². The number of nitrogens with one attached hydrogen (secondary N) is 2. The lowest BCUT2D eigenvalue weighted by Gasteiger charge is -2.33. The van der Waals surface area contributed by atoms with Crippen molar-refractivity contribution in [2.75, 3.05) is 26.7 Å². The van der Waals surface area contributed by atoms with E-state index < -0.39 is 11.6 Å². The molecule has 4 nitrogen and oxygen atoms in total. The molecule has 0 spiro atoms. The summed E-state index contributed by atoms with van der Waals surface area (Å²) in [4.78, 5) is 13.6. The summed E-state index contributed by atoms with van der Waals surface area (Å²) < 4.78 is 27.3. The maximum atomic E-state index is 13.7. The molecule has 1 aromatic rings. The van der Waals surface area contributed by atoms with E-state index in [1.807, 2.05) is 4.90 Å². The Morgan fingerprint density at radius 3 is 2.68 bits per heavy atom. The van der Waals surface area contributed by atoms with Gasteiger partial charge in [-0.15, -0.1) is 12.4 Å². The Morgan fingerprint density at radius 1 is 1.36 bits per heavy atom. The molecule has 7 heteroatoms. The first-order chi connectivity index (χ1) is 10.1. The Hall–Kier alpha value is -1.24. The van der Waals surface area contributed by atoms with Gasteiger partial charge in [0, 0.05) is 24.7 Å². The fraction of sp³-hybridized carbons (Fsp3) is 0.533. The van der Waals surface area contributed by atoms with Crippen LogP contribution >= 0.6 is 12.4 Å². The average molecular weight is 334 g/mol. The van der Waals surface area contributed by atoms with E-state index >= 15 is 0 Å².